The molecular weight excluding hydrogens is 441 g/mol. The minimum absolute atomic E-state index is 0.0456. The quantitative estimate of drug-likeness (QED) is 0.354. The number of aromatic nitrogens is 6. The molecule has 1 saturated carbocycles. The summed E-state index contributed by atoms with van der Waals surface area (Å²) in [6.07, 6.45) is 0.256. The Bertz CT molecular complexity index is 1510. The molecule has 0 amide bonds. The van der Waals surface area contributed by atoms with Crippen LogP contribution in [0.15, 0.2) is 40.2 Å². The predicted molar refractivity (Wildman–Crippen MR) is 110 cm³/mol. The van der Waals surface area contributed by atoms with E-state index in [2.05, 4.69) is 35.3 Å². The monoisotopic (exact) mass is 458 g/mol. The van der Waals surface area contributed by atoms with Gasteiger partial charge in [0, 0.05) is 11.8 Å². The second kappa shape index (κ2) is 7.76. The Balaban J connectivity index is 1.58. The van der Waals surface area contributed by atoms with Crippen molar-refractivity contribution in [2.75, 3.05) is 5.32 Å². The molecule has 0 aliphatic heterocycles. The number of nitrogens with one attached hydrogen (secondary N) is 3. The number of hydrogen-bond donors (Lipinski definition) is 4. The molecule has 170 valence electrons. The Hall–Kier alpha value is -4.16. The van der Waals surface area contributed by atoms with Gasteiger partial charge in [-0.2, -0.15) is 32.8 Å². The molecule has 1 fully saturated rings. The van der Waals surface area contributed by atoms with Crippen LogP contribution < -0.4 is 21.8 Å². The first kappa shape index (κ1) is 20.7. The number of halogens is 3. The number of fused-ring (bicyclic) bond motifs is 1. The second-order valence-corrected chi connectivity index (χ2v) is 7.54. The number of H-pyrrole nitrogens is 2. The van der Waals surface area contributed by atoms with Gasteiger partial charge in [-0.15, -0.1) is 0 Å². The van der Waals surface area contributed by atoms with Crippen LogP contribution in [0.4, 0.5) is 19.1 Å². The van der Waals surface area contributed by atoms with Crippen molar-refractivity contribution in [3.63, 3.8) is 0 Å². The van der Waals surface area contributed by atoms with Crippen LogP contribution in [0.5, 0.6) is 5.88 Å². The van der Waals surface area contributed by atoms with Gasteiger partial charge in [-0.1, -0.05) is 18.2 Å². The number of benzene rings is 1. The molecule has 1 aliphatic carbocycles. The smallest absolute Gasteiger partial charge is 0.416 e. The molecule has 0 spiro atoms. The number of aromatic amines is 2. The van der Waals surface area contributed by atoms with Crippen molar-refractivity contribution in [1.82, 2.24) is 29.5 Å². The molecule has 3 heterocycles. The molecule has 1 aromatic carbocycles. The number of imidazole rings is 1. The number of alkyl halides is 3. The molecule has 5 rings (SSSR count). The molecule has 33 heavy (non-hydrogen) atoms. The van der Waals surface area contributed by atoms with Gasteiger partial charge in [0.1, 0.15) is 5.69 Å². The van der Waals surface area contributed by atoms with Crippen LogP contribution in [0.25, 0.3) is 11.7 Å². The zero-order valence-electron chi connectivity index (χ0n) is 16.9. The van der Waals surface area contributed by atoms with E-state index in [0.29, 0.717) is 10.9 Å². The minimum atomic E-state index is -4.49. The lowest BCUT2D eigenvalue weighted by atomic mass is 10.1. The maximum Gasteiger partial charge on any atom is 0.416 e. The lowest BCUT2D eigenvalue weighted by Gasteiger charge is -2.13. The Morgan fingerprint density at radius 1 is 1.24 bits per heavy atom. The summed E-state index contributed by atoms with van der Waals surface area (Å²) in [5.41, 5.74) is -0.600. The van der Waals surface area contributed by atoms with Crippen LogP contribution in [-0.2, 0) is 12.7 Å². The van der Waals surface area contributed by atoms with Gasteiger partial charge in [-0.3, -0.25) is 4.98 Å². The van der Waals surface area contributed by atoms with Gasteiger partial charge < -0.3 is 15.4 Å². The minimum Gasteiger partial charge on any atom is -0.493 e. The van der Waals surface area contributed by atoms with E-state index in [-0.39, 0.29) is 41.3 Å². The van der Waals surface area contributed by atoms with Gasteiger partial charge in [-0.25, -0.2) is 9.79 Å². The third-order valence-electron chi connectivity index (χ3n) is 5.02. The highest BCUT2D eigenvalue weighted by atomic mass is 19.4. The summed E-state index contributed by atoms with van der Waals surface area (Å²) >= 11 is 0. The summed E-state index contributed by atoms with van der Waals surface area (Å²) in [5.74, 6) is -0.279. The zero-order valence-corrected chi connectivity index (χ0v) is 16.9. The summed E-state index contributed by atoms with van der Waals surface area (Å²) in [4.78, 5) is 29.3. The molecule has 0 atom stereocenters. The lowest BCUT2D eigenvalue weighted by molar-refractivity contribution is -0.138. The Morgan fingerprint density at radius 2 is 2.03 bits per heavy atom. The van der Waals surface area contributed by atoms with Crippen LogP contribution in [-0.4, -0.2) is 40.7 Å². The molecular formula is C20H17F3N8O2. The molecule has 3 aromatic heterocycles. The lowest BCUT2D eigenvalue weighted by Crippen LogP contribution is -2.25. The normalized spacial score (nSPS) is 15.5. The van der Waals surface area contributed by atoms with E-state index in [4.69, 9.17) is 0 Å². The summed E-state index contributed by atoms with van der Waals surface area (Å²) in [6.45, 7) is -0.159. The standard InChI is InChI=1S/C20H17F3N8O2/c21-20(22,23)13-4-2-1-3-10(13)8-24-17-28-15-11(7-14-16(32)29-19(33)27-14)9-25-31(15)18(30-17)26-12-5-6-12/h1-4,7,9,12,32H,5-6,8H2,(H,24,26,30)(H2,27,29,33)/b11-7+. The third-order valence-corrected chi connectivity index (χ3v) is 5.02. The van der Waals surface area contributed by atoms with E-state index in [0.717, 1.165) is 18.9 Å². The summed E-state index contributed by atoms with van der Waals surface area (Å²) in [5, 5.41) is 17.4. The van der Waals surface area contributed by atoms with E-state index >= 15 is 0 Å². The van der Waals surface area contributed by atoms with Crippen LogP contribution >= 0.6 is 0 Å². The highest BCUT2D eigenvalue weighted by Crippen LogP contribution is 2.32. The molecule has 10 nitrogen and oxygen atoms in total. The molecule has 1 aliphatic rings. The first-order valence-electron chi connectivity index (χ1n) is 9.99. The SMILES string of the molecule is O=c1[nH]c(O)c(/C=c2\cnn3c(=NC4CC4)nc(NCc4ccccc4C(F)(F)F)nc23)[nH]1. The van der Waals surface area contributed by atoms with Crippen LogP contribution in [0, 0.1) is 0 Å². The van der Waals surface area contributed by atoms with Gasteiger partial charge in [0.05, 0.1) is 17.8 Å². The Kier molecular flexibility index (Phi) is 4.87. The largest absolute Gasteiger partial charge is 0.493 e. The highest BCUT2D eigenvalue weighted by molar-refractivity contribution is 5.57. The highest BCUT2D eigenvalue weighted by Gasteiger charge is 2.32. The van der Waals surface area contributed by atoms with Crippen molar-refractivity contribution in [2.45, 2.75) is 31.6 Å². The van der Waals surface area contributed by atoms with Crippen molar-refractivity contribution >= 4 is 17.7 Å². The molecule has 0 unspecified atom stereocenters. The maximum atomic E-state index is 13.3. The van der Waals surface area contributed by atoms with E-state index in [1.807, 2.05) is 0 Å². The Labute approximate surface area is 182 Å². The van der Waals surface area contributed by atoms with Crippen molar-refractivity contribution in [1.29, 1.82) is 0 Å². The fourth-order valence-electron chi connectivity index (χ4n) is 3.28. The maximum absolute atomic E-state index is 13.3. The number of hydrogen-bond acceptors (Lipinski definition) is 7. The van der Waals surface area contributed by atoms with E-state index in [1.54, 1.807) is 0 Å². The summed E-state index contributed by atoms with van der Waals surface area (Å²) < 4.78 is 41.3. The number of aromatic hydroxyl groups is 1. The number of anilines is 1. The first-order chi connectivity index (χ1) is 15.8. The van der Waals surface area contributed by atoms with Crippen molar-refractivity contribution in [2.24, 2.45) is 4.99 Å². The molecule has 4 N–H and O–H groups in total. The van der Waals surface area contributed by atoms with Crippen molar-refractivity contribution < 1.29 is 18.3 Å². The van der Waals surface area contributed by atoms with Crippen molar-refractivity contribution in [3.05, 3.63) is 68.6 Å². The van der Waals surface area contributed by atoms with Crippen molar-refractivity contribution in [3.8, 4) is 5.88 Å². The first-order valence-corrected chi connectivity index (χ1v) is 9.99. The van der Waals surface area contributed by atoms with Crippen LogP contribution in [0.3, 0.4) is 0 Å². The average molecular weight is 458 g/mol. The van der Waals surface area contributed by atoms with Crippen LogP contribution in [0.2, 0.25) is 0 Å². The van der Waals surface area contributed by atoms with Gasteiger partial charge in [-0.05, 0) is 30.5 Å². The fourth-order valence-corrected chi connectivity index (χ4v) is 3.28. The average Bonchev–Trinajstić information content (AvgIpc) is 3.40. The topological polar surface area (TPSA) is 136 Å². The fraction of sp³-hybridized carbons (Fsp3) is 0.250. The molecule has 13 heteroatoms. The van der Waals surface area contributed by atoms with Crippen LogP contribution in [0.1, 0.15) is 29.7 Å². The van der Waals surface area contributed by atoms with Gasteiger partial charge in [0.2, 0.25) is 11.8 Å². The predicted octanol–water partition coefficient (Wildman–Crippen LogP) is 1.09. The summed E-state index contributed by atoms with van der Waals surface area (Å²) in [6, 6.07) is 5.36. The molecule has 0 radical (unpaired) electrons. The van der Waals surface area contributed by atoms with Gasteiger partial charge in [0.25, 0.3) is 5.62 Å². The number of nitrogens with zero attached hydrogens (tertiary/aromatic N) is 5. The number of rotatable bonds is 5. The molecule has 0 saturated heterocycles. The van der Waals surface area contributed by atoms with E-state index in [9.17, 15) is 23.1 Å². The third kappa shape index (κ3) is 4.29. The molecule has 0 bridgehead atoms. The van der Waals surface area contributed by atoms with E-state index in [1.165, 1.54) is 35.0 Å². The summed E-state index contributed by atoms with van der Waals surface area (Å²) in [7, 11) is 0. The van der Waals surface area contributed by atoms with Gasteiger partial charge >= 0.3 is 11.9 Å². The Morgan fingerprint density at radius 3 is 2.73 bits per heavy atom. The second-order valence-electron chi connectivity index (χ2n) is 7.54. The van der Waals surface area contributed by atoms with Gasteiger partial charge in [0.15, 0.2) is 5.65 Å². The zero-order chi connectivity index (χ0) is 23.2. The molecule has 4 aromatic rings. The van der Waals surface area contributed by atoms with E-state index < -0.39 is 17.4 Å².